The fraction of sp³-hybridized carbons (Fsp3) is 0. The van der Waals surface area contributed by atoms with Crippen molar-refractivity contribution < 1.29 is 0 Å². The van der Waals surface area contributed by atoms with Gasteiger partial charge in [-0.15, -0.1) is 22.7 Å². The molecule has 0 amide bonds. The molecule has 7 aromatic rings. The van der Waals surface area contributed by atoms with E-state index in [0.29, 0.717) is 5.56 Å². The van der Waals surface area contributed by atoms with Crippen LogP contribution >= 0.6 is 22.7 Å². The van der Waals surface area contributed by atoms with Gasteiger partial charge in [0.05, 0.1) is 11.6 Å². The van der Waals surface area contributed by atoms with Crippen LogP contribution in [-0.4, -0.2) is 0 Å². The van der Waals surface area contributed by atoms with Crippen LogP contribution in [0.15, 0.2) is 103 Å². The van der Waals surface area contributed by atoms with E-state index in [1.807, 2.05) is 23.5 Å². The van der Waals surface area contributed by atoms with Crippen LogP contribution in [-0.2, 0) is 0 Å². The summed E-state index contributed by atoms with van der Waals surface area (Å²) in [4.78, 5) is 0. The van der Waals surface area contributed by atoms with Gasteiger partial charge >= 0.3 is 0 Å². The molecule has 0 saturated carbocycles. The molecule has 2 aromatic heterocycles. The van der Waals surface area contributed by atoms with Crippen LogP contribution in [0.4, 0.5) is 0 Å². The Balaban J connectivity index is 1.40. The average Bonchev–Trinajstić information content (AvgIpc) is 3.46. The monoisotopic (exact) mass is 467 g/mol. The van der Waals surface area contributed by atoms with E-state index in [-0.39, 0.29) is 0 Å². The van der Waals surface area contributed by atoms with Gasteiger partial charge in [0.1, 0.15) is 0 Å². The minimum absolute atomic E-state index is 0.705. The van der Waals surface area contributed by atoms with E-state index in [0.717, 1.165) is 5.39 Å². The number of fused-ring (bicyclic) bond motifs is 6. The highest BCUT2D eigenvalue weighted by molar-refractivity contribution is 7.26. The molecule has 34 heavy (non-hydrogen) atoms. The van der Waals surface area contributed by atoms with Crippen LogP contribution in [0.3, 0.4) is 0 Å². The zero-order valence-corrected chi connectivity index (χ0v) is 19.7. The molecule has 2 heterocycles. The molecule has 3 heteroatoms. The number of thiophene rings is 2. The molecular weight excluding hydrogens is 450 g/mol. The van der Waals surface area contributed by atoms with E-state index in [1.54, 1.807) is 11.3 Å². The summed E-state index contributed by atoms with van der Waals surface area (Å²) in [6.45, 7) is 0. The summed E-state index contributed by atoms with van der Waals surface area (Å²) in [7, 11) is 0. The molecule has 158 valence electrons. The van der Waals surface area contributed by atoms with Gasteiger partial charge in [-0.25, -0.2) is 0 Å². The maximum absolute atomic E-state index is 9.35. The van der Waals surface area contributed by atoms with Crippen LogP contribution in [0.1, 0.15) is 5.56 Å². The first-order valence-electron chi connectivity index (χ1n) is 11.2. The van der Waals surface area contributed by atoms with Gasteiger partial charge in [-0.2, -0.15) is 5.26 Å². The second-order valence-electron chi connectivity index (χ2n) is 8.50. The smallest absolute Gasteiger partial charge is 0.0991 e. The van der Waals surface area contributed by atoms with Gasteiger partial charge in [0.25, 0.3) is 0 Å². The topological polar surface area (TPSA) is 23.8 Å². The largest absolute Gasteiger partial charge is 0.192 e. The lowest BCUT2D eigenvalue weighted by atomic mass is 9.97. The van der Waals surface area contributed by atoms with Crippen molar-refractivity contribution in [2.45, 2.75) is 0 Å². The van der Waals surface area contributed by atoms with E-state index in [1.165, 1.54) is 57.2 Å². The van der Waals surface area contributed by atoms with Crippen LogP contribution < -0.4 is 0 Å². The number of rotatable bonds is 2. The normalized spacial score (nSPS) is 11.5. The fourth-order valence-corrected chi connectivity index (χ4v) is 7.17. The second kappa shape index (κ2) is 7.53. The fourth-order valence-electron chi connectivity index (χ4n) is 4.87. The van der Waals surface area contributed by atoms with E-state index >= 15 is 0 Å². The van der Waals surface area contributed by atoms with Crippen LogP contribution in [0, 0.1) is 11.3 Å². The zero-order valence-electron chi connectivity index (χ0n) is 18.1. The highest BCUT2D eigenvalue weighted by Crippen LogP contribution is 2.41. The molecule has 0 spiro atoms. The van der Waals surface area contributed by atoms with Crippen LogP contribution in [0.5, 0.6) is 0 Å². The third-order valence-corrected chi connectivity index (χ3v) is 8.88. The Kier molecular flexibility index (Phi) is 4.32. The first-order chi connectivity index (χ1) is 16.8. The van der Waals surface area contributed by atoms with Crippen molar-refractivity contribution in [3.63, 3.8) is 0 Å². The van der Waals surface area contributed by atoms with Crippen molar-refractivity contribution in [1.29, 1.82) is 5.26 Å². The lowest BCUT2D eigenvalue weighted by Crippen LogP contribution is -1.82. The van der Waals surface area contributed by atoms with Crippen molar-refractivity contribution in [3.8, 4) is 28.3 Å². The number of hydrogen-bond donors (Lipinski definition) is 0. The molecular formula is C31H17NS2. The van der Waals surface area contributed by atoms with E-state index in [2.05, 4.69) is 97.1 Å². The minimum atomic E-state index is 0.705. The molecule has 0 N–H and O–H groups in total. The van der Waals surface area contributed by atoms with Crippen molar-refractivity contribution in [2.75, 3.05) is 0 Å². The predicted octanol–water partition coefficient (Wildman–Crippen LogP) is 9.63. The second-order valence-corrected chi connectivity index (χ2v) is 10.6. The van der Waals surface area contributed by atoms with Gasteiger partial charge in [-0.1, -0.05) is 60.7 Å². The molecule has 1 nitrogen and oxygen atoms in total. The van der Waals surface area contributed by atoms with Gasteiger partial charge in [-0.05, 0) is 64.7 Å². The number of nitriles is 1. The molecule has 0 atom stereocenters. The van der Waals surface area contributed by atoms with Gasteiger partial charge in [0, 0.05) is 40.3 Å². The molecule has 7 rings (SSSR count). The molecule has 0 aliphatic carbocycles. The maximum atomic E-state index is 9.35. The molecule has 0 fully saturated rings. The highest BCUT2D eigenvalue weighted by atomic mass is 32.1. The van der Waals surface area contributed by atoms with Crippen LogP contribution in [0.25, 0.3) is 62.6 Å². The Morgan fingerprint density at radius 2 is 1.21 bits per heavy atom. The first kappa shape index (κ1) is 19.5. The molecule has 0 bridgehead atoms. The summed E-state index contributed by atoms with van der Waals surface area (Å²) >= 11 is 3.65. The van der Waals surface area contributed by atoms with Crippen molar-refractivity contribution in [1.82, 2.24) is 0 Å². The zero-order chi connectivity index (χ0) is 22.6. The predicted molar refractivity (Wildman–Crippen MR) is 148 cm³/mol. The molecule has 0 unspecified atom stereocenters. The number of hydrogen-bond acceptors (Lipinski definition) is 3. The third kappa shape index (κ3) is 2.97. The quantitative estimate of drug-likeness (QED) is 0.248. The highest BCUT2D eigenvalue weighted by Gasteiger charge is 2.12. The van der Waals surface area contributed by atoms with Crippen molar-refractivity contribution >= 4 is 63.0 Å². The summed E-state index contributed by atoms with van der Waals surface area (Å²) in [6, 6.07) is 39.1. The summed E-state index contributed by atoms with van der Waals surface area (Å²) < 4.78 is 5.13. The van der Waals surface area contributed by atoms with E-state index in [4.69, 9.17) is 0 Å². The van der Waals surface area contributed by atoms with Gasteiger partial charge in [-0.3, -0.25) is 0 Å². The molecule has 0 aliphatic heterocycles. The van der Waals surface area contributed by atoms with Gasteiger partial charge in [0.2, 0.25) is 0 Å². The molecule has 0 aliphatic rings. The summed E-state index contributed by atoms with van der Waals surface area (Å²) in [5.74, 6) is 0. The minimum Gasteiger partial charge on any atom is -0.192 e. The number of nitrogens with zero attached hydrogens (tertiary/aromatic N) is 1. The van der Waals surface area contributed by atoms with E-state index in [9.17, 15) is 5.26 Å². The summed E-state index contributed by atoms with van der Waals surface area (Å²) in [5.41, 5.74) is 5.61. The SMILES string of the molecule is N#Cc1ccc2sc3ccc(-c4cccc(-c5cccc6c5sc5ccccc56)c4)cc3c2c1. The standard InChI is InChI=1S/C31H17NS2/c32-18-19-11-13-29-26(15-19)27-17-21(12-14-30(27)33-29)20-5-3-6-22(16-20)23-8-4-9-25-24-7-1-2-10-28(24)34-31(23)25/h1-17H. The third-order valence-electron chi connectivity index (χ3n) is 6.51. The average molecular weight is 468 g/mol. The van der Waals surface area contributed by atoms with Crippen molar-refractivity contribution in [3.05, 3.63) is 109 Å². The summed E-state index contributed by atoms with van der Waals surface area (Å²) in [6.07, 6.45) is 0. The Morgan fingerprint density at radius 1 is 0.500 bits per heavy atom. The van der Waals surface area contributed by atoms with Crippen molar-refractivity contribution in [2.24, 2.45) is 0 Å². The molecule has 5 aromatic carbocycles. The Labute approximate surface area is 204 Å². The summed E-state index contributed by atoms with van der Waals surface area (Å²) in [5, 5.41) is 14.4. The molecule has 0 radical (unpaired) electrons. The molecule has 0 saturated heterocycles. The Morgan fingerprint density at radius 3 is 2.12 bits per heavy atom. The Bertz CT molecular complexity index is 1930. The lowest BCUT2D eigenvalue weighted by Gasteiger charge is -2.08. The maximum Gasteiger partial charge on any atom is 0.0991 e. The lowest BCUT2D eigenvalue weighted by molar-refractivity contribution is 1.50. The van der Waals surface area contributed by atoms with Gasteiger partial charge in [0.15, 0.2) is 0 Å². The number of benzene rings is 5. The Hall–Kier alpha value is -3.97. The van der Waals surface area contributed by atoms with E-state index < -0.39 is 0 Å². The van der Waals surface area contributed by atoms with Gasteiger partial charge < -0.3 is 0 Å². The first-order valence-corrected chi connectivity index (χ1v) is 12.8. The van der Waals surface area contributed by atoms with Crippen LogP contribution in [0.2, 0.25) is 0 Å².